The normalized spacial score (nSPS) is 22.9. The third-order valence-electron chi connectivity index (χ3n) is 17.2. The molecule has 0 radical (unpaired) electrons. The number of likely N-dealkylation sites (tertiary alicyclic amines) is 1. The Morgan fingerprint density at radius 1 is 0.563 bits per heavy atom. The summed E-state index contributed by atoms with van der Waals surface area (Å²) in [4.78, 5) is 59.5. The van der Waals surface area contributed by atoms with Gasteiger partial charge in [-0.3, -0.25) is 28.5 Å². The van der Waals surface area contributed by atoms with Gasteiger partial charge in [-0.2, -0.15) is 10.2 Å². The van der Waals surface area contributed by atoms with E-state index in [9.17, 15) is 19.2 Å². The van der Waals surface area contributed by atoms with Gasteiger partial charge in [0.05, 0.1) is 25.5 Å². The van der Waals surface area contributed by atoms with Crippen LogP contribution in [0.4, 0.5) is 11.4 Å². The number of nitrogens with zero attached hydrogens (tertiary/aromatic N) is 7. The zero-order chi connectivity index (χ0) is 48.7. The summed E-state index contributed by atoms with van der Waals surface area (Å²) < 4.78 is 3.89. The number of anilines is 2. The van der Waals surface area contributed by atoms with Crippen LogP contribution in [0.25, 0.3) is 0 Å². The lowest BCUT2D eigenvalue weighted by Gasteiger charge is -2.33. The first kappa shape index (κ1) is 52.7. The molecule has 2 saturated heterocycles. The van der Waals surface area contributed by atoms with E-state index >= 15 is 0 Å². The standard InChI is InChI=1S/C31H44N4O2.C27H36N4O2.ClH/c1-22(2)20-34-16-14-24(15-17-34)30(36)13-10-23-8-11-25(12-9-23)31(37)35-21-27-19-32-33(3)29(27)18-26-6-4-5-7-28(26)35;1-30-25-16-22-4-2-3-5-24(22)31(18-23(25)17-29-30)27(33)21-9-6-19(7-10-21)8-11-26(32)20-12-14-28-15-13-20;/h4-7,19,22-25H,8-18,20-21H2,1-3H3;2-5,17,19-21,28H,6-16,18H2,1H3;1H. The Kier molecular flexibility index (Phi) is 18.1. The van der Waals surface area contributed by atoms with Gasteiger partial charge in [0.25, 0.3) is 0 Å². The van der Waals surface area contributed by atoms with Gasteiger partial charge >= 0.3 is 0 Å². The van der Waals surface area contributed by atoms with Crippen molar-refractivity contribution in [1.82, 2.24) is 29.8 Å². The molecule has 10 rings (SSSR count). The van der Waals surface area contributed by atoms with Crippen LogP contribution in [0, 0.1) is 41.4 Å². The first-order valence-electron chi connectivity index (χ1n) is 27.3. The average molecular weight is 990 g/mol. The Morgan fingerprint density at radius 3 is 1.42 bits per heavy atom. The van der Waals surface area contributed by atoms with E-state index < -0.39 is 0 Å². The minimum absolute atomic E-state index is 0. The Balaban J connectivity index is 0.000000189. The van der Waals surface area contributed by atoms with Gasteiger partial charge in [0, 0.05) is 104 Å². The van der Waals surface area contributed by atoms with E-state index in [-0.39, 0.29) is 47.9 Å². The first-order valence-corrected chi connectivity index (χ1v) is 27.3. The molecule has 0 spiro atoms. The summed E-state index contributed by atoms with van der Waals surface area (Å²) in [5, 5.41) is 12.2. The smallest absolute Gasteiger partial charge is 0.230 e. The average Bonchev–Trinajstić information content (AvgIpc) is 3.78. The highest BCUT2D eigenvalue weighted by molar-refractivity contribution is 5.97. The molecule has 12 nitrogen and oxygen atoms in total. The molecule has 4 fully saturated rings. The van der Waals surface area contributed by atoms with Crippen LogP contribution in [-0.4, -0.2) is 80.6 Å². The number of nitrogens with one attached hydrogen (secondary N) is 1. The third kappa shape index (κ3) is 12.8. The minimum Gasteiger partial charge on any atom is -0.317 e. The number of fused-ring (bicyclic) bond motifs is 4. The molecule has 0 unspecified atom stereocenters. The van der Waals surface area contributed by atoms with E-state index in [2.05, 4.69) is 70.7 Å². The van der Waals surface area contributed by atoms with Crippen LogP contribution in [-0.2, 0) is 59.2 Å². The largest absolute Gasteiger partial charge is 0.317 e. The van der Waals surface area contributed by atoms with Crippen molar-refractivity contribution >= 4 is 47.2 Å². The van der Waals surface area contributed by atoms with Crippen molar-refractivity contribution in [1.29, 1.82) is 0 Å². The fourth-order valence-electron chi connectivity index (χ4n) is 12.9. The Bertz CT molecular complexity index is 2430. The number of rotatable bonds is 12. The lowest BCUT2D eigenvalue weighted by molar-refractivity contribution is -0.125. The summed E-state index contributed by atoms with van der Waals surface area (Å²) in [5.41, 5.74) is 9.17. The molecular formula is C58H81ClN8O4. The summed E-state index contributed by atoms with van der Waals surface area (Å²) in [6, 6.07) is 16.6. The molecule has 4 aliphatic heterocycles. The van der Waals surface area contributed by atoms with Crippen LogP contribution in [0.2, 0.25) is 0 Å². The molecule has 384 valence electrons. The van der Waals surface area contributed by atoms with Crippen molar-refractivity contribution < 1.29 is 19.2 Å². The monoisotopic (exact) mass is 989 g/mol. The lowest BCUT2D eigenvalue weighted by Crippen LogP contribution is -2.38. The van der Waals surface area contributed by atoms with Gasteiger partial charge in [-0.25, -0.2) is 0 Å². The van der Waals surface area contributed by atoms with Crippen molar-refractivity contribution in [2.24, 2.45) is 55.5 Å². The predicted molar refractivity (Wildman–Crippen MR) is 284 cm³/mol. The molecule has 1 N–H and O–H groups in total. The minimum atomic E-state index is 0. The second-order valence-corrected chi connectivity index (χ2v) is 22.4. The molecule has 13 heteroatoms. The lowest BCUT2D eigenvalue weighted by atomic mass is 9.78. The van der Waals surface area contributed by atoms with Crippen LogP contribution in [0.1, 0.15) is 150 Å². The van der Waals surface area contributed by atoms with Crippen LogP contribution in [0.5, 0.6) is 0 Å². The molecule has 0 bridgehead atoms. The number of halogens is 1. The SMILES string of the molecule is CC(C)CN1CCC(C(=O)CCC2CCC(C(=O)N3Cc4cnn(C)c4Cc4ccccc43)CC2)CC1.Cl.Cn1ncc2c1Cc1ccccc1N(C(=O)C1CCC(CCC(=O)C3CCNCC3)CC1)C2. The van der Waals surface area contributed by atoms with Crippen LogP contribution < -0.4 is 15.1 Å². The quantitative estimate of drug-likeness (QED) is 0.149. The van der Waals surface area contributed by atoms with E-state index in [0.29, 0.717) is 42.4 Å². The van der Waals surface area contributed by atoms with Gasteiger partial charge in [0.1, 0.15) is 11.6 Å². The Labute approximate surface area is 429 Å². The molecule has 0 atom stereocenters. The number of carbonyl (C=O) groups excluding carboxylic acids is 4. The number of aryl methyl sites for hydroxylation is 2. The van der Waals surface area contributed by atoms with Crippen LogP contribution >= 0.6 is 12.4 Å². The zero-order valence-electron chi connectivity index (χ0n) is 43.2. The number of hydrogen-bond donors (Lipinski definition) is 1. The number of benzene rings is 2. The van der Waals surface area contributed by atoms with Gasteiger partial charge in [-0.05, 0) is 157 Å². The van der Waals surface area contributed by atoms with Gasteiger partial charge in [0.2, 0.25) is 11.8 Å². The van der Waals surface area contributed by atoms with Crippen LogP contribution in [0.3, 0.4) is 0 Å². The van der Waals surface area contributed by atoms with E-state index in [1.807, 2.05) is 57.8 Å². The zero-order valence-corrected chi connectivity index (χ0v) is 44.0. The summed E-state index contributed by atoms with van der Waals surface area (Å²) >= 11 is 0. The summed E-state index contributed by atoms with van der Waals surface area (Å²) in [5.74, 6) is 3.99. The second-order valence-electron chi connectivity index (χ2n) is 22.4. The van der Waals surface area contributed by atoms with Crippen molar-refractivity contribution in [3.8, 4) is 0 Å². The first-order chi connectivity index (χ1) is 34.0. The highest BCUT2D eigenvalue weighted by Gasteiger charge is 2.36. The maximum absolute atomic E-state index is 13.8. The third-order valence-corrected chi connectivity index (χ3v) is 17.2. The summed E-state index contributed by atoms with van der Waals surface area (Å²) in [7, 11) is 3.97. The molecule has 71 heavy (non-hydrogen) atoms. The van der Waals surface area contributed by atoms with Crippen molar-refractivity contribution in [2.45, 2.75) is 143 Å². The van der Waals surface area contributed by atoms with Gasteiger partial charge in [0.15, 0.2) is 0 Å². The maximum Gasteiger partial charge on any atom is 0.230 e. The van der Waals surface area contributed by atoms with Crippen molar-refractivity contribution in [3.63, 3.8) is 0 Å². The highest BCUT2D eigenvalue weighted by atomic mass is 35.5. The number of para-hydroxylation sites is 2. The van der Waals surface area contributed by atoms with Gasteiger partial charge in [-0.1, -0.05) is 50.2 Å². The number of ketones is 2. The van der Waals surface area contributed by atoms with Crippen LogP contribution in [0.15, 0.2) is 60.9 Å². The topological polar surface area (TPSA) is 126 Å². The number of piperidine rings is 2. The summed E-state index contributed by atoms with van der Waals surface area (Å²) in [6.07, 6.45) is 20.9. The van der Waals surface area contributed by atoms with E-state index in [4.69, 9.17) is 0 Å². The number of aromatic nitrogens is 4. The van der Waals surface area contributed by atoms with Gasteiger partial charge in [-0.15, -0.1) is 12.4 Å². The molecule has 4 aromatic rings. The highest BCUT2D eigenvalue weighted by Crippen LogP contribution is 2.39. The molecule has 6 aliphatic rings. The van der Waals surface area contributed by atoms with Gasteiger partial charge < -0.3 is 20.0 Å². The van der Waals surface area contributed by atoms with E-state index in [1.165, 1.54) is 22.5 Å². The number of hydrogen-bond acceptors (Lipinski definition) is 8. The number of Topliss-reactive ketones (excluding diaryl/α,β-unsaturated/α-hetero) is 2. The second kappa shape index (κ2) is 24.4. The molecule has 2 saturated carbocycles. The number of amides is 2. The molecule has 2 aromatic heterocycles. The molecule has 2 aromatic carbocycles. The van der Waals surface area contributed by atoms with Crippen molar-refractivity contribution in [2.75, 3.05) is 42.5 Å². The fraction of sp³-hybridized carbons (Fsp3) is 0.621. The number of carbonyl (C=O) groups is 4. The van der Waals surface area contributed by atoms with E-state index in [0.717, 1.165) is 171 Å². The molecule has 2 aliphatic carbocycles. The molecule has 2 amide bonds. The Morgan fingerprint density at radius 2 is 0.986 bits per heavy atom. The fourth-order valence-corrected chi connectivity index (χ4v) is 12.9. The summed E-state index contributed by atoms with van der Waals surface area (Å²) in [6.45, 7) is 11.0. The predicted octanol–water partition coefficient (Wildman–Crippen LogP) is 9.82. The van der Waals surface area contributed by atoms with Crippen molar-refractivity contribution in [3.05, 3.63) is 94.6 Å². The Hall–Kier alpha value is -4.65. The molecule has 6 heterocycles. The van der Waals surface area contributed by atoms with E-state index in [1.54, 1.807) is 0 Å². The molecular weight excluding hydrogens is 908 g/mol. The maximum atomic E-state index is 13.8.